The maximum absolute atomic E-state index is 12.5. The van der Waals surface area contributed by atoms with Crippen LogP contribution in [0.15, 0.2) is 42.5 Å². The quantitative estimate of drug-likeness (QED) is 0.845. The summed E-state index contributed by atoms with van der Waals surface area (Å²) in [5, 5.41) is 2.89. The fraction of sp³-hybridized carbons (Fsp3) is 0.300. The van der Waals surface area contributed by atoms with Crippen molar-refractivity contribution in [3.05, 3.63) is 48.0 Å². The number of hydrogen-bond acceptors (Lipinski definition) is 5. The zero-order valence-electron chi connectivity index (χ0n) is 15.1. The molecule has 1 N–H and O–H groups in total. The number of anilines is 2. The third-order valence-electron chi connectivity index (χ3n) is 4.83. The van der Waals surface area contributed by atoms with Gasteiger partial charge in [-0.1, -0.05) is 0 Å². The van der Waals surface area contributed by atoms with E-state index in [0.717, 1.165) is 30.3 Å². The van der Waals surface area contributed by atoms with Crippen LogP contribution in [-0.4, -0.2) is 49.7 Å². The van der Waals surface area contributed by atoms with E-state index in [1.807, 2.05) is 18.2 Å². The minimum absolute atomic E-state index is 0.00696. The summed E-state index contributed by atoms with van der Waals surface area (Å²) in [6.07, 6.45) is 0. The third-order valence-corrected chi connectivity index (χ3v) is 4.83. The highest BCUT2D eigenvalue weighted by atomic mass is 16.7. The monoisotopic (exact) mass is 367 g/mol. The van der Waals surface area contributed by atoms with E-state index in [0.29, 0.717) is 24.3 Å². The summed E-state index contributed by atoms with van der Waals surface area (Å²) in [4.78, 5) is 27.8. The normalized spacial score (nSPS) is 15.6. The van der Waals surface area contributed by atoms with Gasteiger partial charge >= 0.3 is 6.03 Å². The van der Waals surface area contributed by atoms with Gasteiger partial charge in [0.1, 0.15) is 0 Å². The standard InChI is InChI=1S/C20H21N3O4/c1-14(24)15-2-4-16(5-3-15)21-20(25)23-10-8-22(9-11-23)17-6-7-18-19(12-17)27-13-26-18/h2-7,12H,8-11,13H2,1H3,(H,21,25). The molecule has 4 rings (SSSR count). The van der Waals surface area contributed by atoms with Crippen LogP contribution in [0.2, 0.25) is 0 Å². The van der Waals surface area contributed by atoms with Gasteiger partial charge in [-0.05, 0) is 43.3 Å². The topological polar surface area (TPSA) is 71.1 Å². The smallest absolute Gasteiger partial charge is 0.321 e. The largest absolute Gasteiger partial charge is 0.454 e. The van der Waals surface area contributed by atoms with E-state index < -0.39 is 0 Å². The van der Waals surface area contributed by atoms with Crippen LogP contribution >= 0.6 is 0 Å². The molecule has 27 heavy (non-hydrogen) atoms. The molecule has 0 spiro atoms. The number of nitrogens with zero attached hydrogens (tertiary/aromatic N) is 2. The Labute approximate surface area is 157 Å². The number of piperazine rings is 1. The number of urea groups is 1. The second-order valence-electron chi connectivity index (χ2n) is 6.58. The summed E-state index contributed by atoms with van der Waals surface area (Å²) in [6.45, 7) is 4.54. The number of rotatable bonds is 3. The molecule has 0 bridgehead atoms. The lowest BCUT2D eigenvalue weighted by Crippen LogP contribution is -2.50. The van der Waals surface area contributed by atoms with Crippen LogP contribution in [0.3, 0.4) is 0 Å². The SMILES string of the molecule is CC(=O)c1ccc(NC(=O)N2CCN(c3ccc4c(c3)OCO4)CC2)cc1. The maximum atomic E-state index is 12.5. The number of fused-ring (bicyclic) bond motifs is 1. The van der Waals surface area contributed by atoms with Gasteiger partial charge in [0.25, 0.3) is 0 Å². The molecule has 0 aromatic heterocycles. The van der Waals surface area contributed by atoms with Gasteiger partial charge in [0.05, 0.1) is 0 Å². The number of benzene rings is 2. The van der Waals surface area contributed by atoms with Gasteiger partial charge in [0.2, 0.25) is 6.79 Å². The molecule has 7 nitrogen and oxygen atoms in total. The van der Waals surface area contributed by atoms with Gasteiger partial charge in [-0.15, -0.1) is 0 Å². The third kappa shape index (κ3) is 3.67. The second kappa shape index (κ2) is 7.19. The Hall–Kier alpha value is -3.22. The van der Waals surface area contributed by atoms with Crippen LogP contribution in [0, 0.1) is 0 Å². The zero-order valence-corrected chi connectivity index (χ0v) is 15.1. The van der Waals surface area contributed by atoms with Crippen LogP contribution < -0.4 is 19.7 Å². The number of Topliss-reactive ketones (excluding diaryl/α,β-unsaturated/α-hetero) is 1. The molecule has 2 aliphatic heterocycles. The minimum atomic E-state index is -0.129. The molecule has 0 radical (unpaired) electrons. The molecule has 0 saturated carbocycles. The first-order chi connectivity index (χ1) is 13.1. The molecule has 2 aromatic rings. The number of amides is 2. The van der Waals surface area contributed by atoms with Crippen molar-refractivity contribution in [3.8, 4) is 11.5 Å². The van der Waals surface area contributed by atoms with Gasteiger partial charge in [-0.3, -0.25) is 4.79 Å². The summed E-state index contributed by atoms with van der Waals surface area (Å²) >= 11 is 0. The molecule has 1 fully saturated rings. The summed E-state index contributed by atoms with van der Waals surface area (Å²) in [7, 11) is 0. The molecule has 140 valence electrons. The summed E-state index contributed by atoms with van der Waals surface area (Å²) in [5.74, 6) is 1.54. The number of ether oxygens (including phenoxy) is 2. The summed E-state index contributed by atoms with van der Waals surface area (Å²) in [5.41, 5.74) is 2.38. The average Bonchev–Trinajstić information content (AvgIpc) is 3.16. The zero-order chi connectivity index (χ0) is 18.8. The molecule has 0 unspecified atom stereocenters. The van der Waals surface area contributed by atoms with E-state index in [1.54, 1.807) is 29.2 Å². The number of carbonyl (C=O) groups is 2. The van der Waals surface area contributed by atoms with Crippen molar-refractivity contribution < 1.29 is 19.1 Å². The highest BCUT2D eigenvalue weighted by Crippen LogP contribution is 2.35. The van der Waals surface area contributed by atoms with Crippen LogP contribution in [0.25, 0.3) is 0 Å². The molecule has 2 amide bonds. The Balaban J connectivity index is 1.33. The molecular weight excluding hydrogens is 346 g/mol. The highest BCUT2D eigenvalue weighted by molar-refractivity contribution is 5.95. The van der Waals surface area contributed by atoms with Gasteiger partial charge in [0, 0.05) is 49.2 Å². The number of hydrogen-bond donors (Lipinski definition) is 1. The predicted molar refractivity (Wildman–Crippen MR) is 102 cm³/mol. The summed E-state index contributed by atoms with van der Waals surface area (Å²) in [6, 6.07) is 12.7. The molecule has 0 atom stereocenters. The maximum Gasteiger partial charge on any atom is 0.321 e. The van der Waals surface area contributed by atoms with E-state index in [9.17, 15) is 9.59 Å². The van der Waals surface area contributed by atoms with Crippen LogP contribution in [0.5, 0.6) is 11.5 Å². The van der Waals surface area contributed by atoms with Crippen molar-refractivity contribution >= 4 is 23.2 Å². The van der Waals surface area contributed by atoms with Gasteiger partial charge in [0.15, 0.2) is 17.3 Å². The Kier molecular flexibility index (Phi) is 4.58. The number of ketones is 1. The second-order valence-corrected chi connectivity index (χ2v) is 6.58. The number of carbonyl (C=O) groups excluding carboxylic acids is 2. The summed E-state index contributed by atoms with van der Waals surface area (Å²) < 4.78 is 10.8. The lowest BCUT2D eigenvalue weighted by Gasteiger charge is -2.36. The van der Waals surface area contributed by atoms with Crippen LogP contribution in [0.1, 0.15) is 17.3 Å². The Morgan fingerprint density at radius 3 is 2.33 bits per heavy atom. The van der Waals surface area contributed by atoms with Crippen LogP contribution in [0.4, 0.5) is 16.2 Å². The Bertz CT molecular complexity index is 858. The first-order valence-corrected chi connectivity index (χ1v) is 8.92. The van der Waals surface area contributed by atoms with Crippen molar-refractivity contribution in [2.75, 3.05) is 43.2 Å². The first kappa shape index (κ1) is 17.2. The molecule has 2 heterocycles. The van der Waals surface area contributed by atoms with E-state index >= 15 is 0 Å². The van der Waals surface area contributed by atoms with Crippen molar-refractivity contribution in [2.24, 2.45) is 0 Å². The van der Waals surface area contributed by atoms with Gasteiger partial charge in [-0.2, -0.15) is 0 Å². The fourth-order valence-electron chi connectivity index (χ4n) is 3.24. The first-order valence-electron chi connectivity index (χ1n) is 8.92. The van der Waals surface area contributed by atoms with E-state index in [1.165, 1.54) is 6.92 Å². The molecule has 1 saturated heterocycles. The number of nitrogens with one attached hydrogen (secondary N) is 1. The van der Waals surface area contributed by atoms with Gasteiger partial charge < -0.3 is 24.6 Å². The lowest BCUT2D eigenvalue weighted by atomic mass is 10.1. The lowest BCUT2D eigenvalue weighted by molar-refractivity contribution is 0.101. The van der Waals surface area contributed by atoms with Crippen molar-refractivity contribution in [2.45, 2.75) is 6.92 Å². The highest BCUT2D eigenvalue weighted by Gasteiger charge is 2.23. The molecule has 0 aliphatic carbocycles. The van der Waals surface area contributed by atoms with Crippen LogP contribution in [-0.2, 0) is 0 Å². The molecular formula is C20H21N3O4. The van der Waals surface area contributed by atoms with Crippen molar-refractivity contribution in [1.29, 1.82) is 0 Å². The van der Waals surface area contributed by atoms with Crippen molar-refractivity contribution in [1.82, 2.24) is 4.90 Å². The Morgan fingerprint density at radius 2 is 1.63 bits per heavy atom. The minimum Gasteiger partial charge on any atom is -0.454 e. The average molecular weight is 367 g/mol. The molecule has 7 heteroatoms. The molecule has 2 aromatic carbocycles. The van der Waals surface area contributed by atoms with E-state index in [4.69, 9.17) is 9.47 Å². The molecule has 2 aliphatic rings. The van der Waals surface area contributed by atoms with Crippen molar-refractivity contribution in [3.63, 3.8) is 0 Å². The van der Waals surface area contributed by atoms with E-state index in [-0.39, 0.29) is 18.6 Å². The predicted octanol–water partition coefficient (Wildman–Crippen LogP) is 2.97. The van der Waals surface area contributed by atoms with E-state index in [2.05, 4.69) is 10.2 Å². The van der Waals surface area contributed by atoms with Gasteiger partial charge in [-0.25, -0.2) is 4.79 Å². The Morgan fingerprint density at radius 1 is 0.926 bits per heavy atom. The fourth-order valence-corrected chi connectivity index (χ4v) is 3.24.